The van der Waals surface area contributed by atoms with Crippen LogP contribution in [0.25, 0.3) is 11.3 Å². The fourth-order valence-electron chi connectivity index (χ4n) is 2.45. The summed E-state index contributed by atoms with van der Waals surface area (Å²) in [7, 11) is 1.50. The number of hydrazine groups is 1. The monoisotopic (exact) mass is 387 g/mol. The third-order valence-corrected chi connectivity index (χ3v) is 3.88. The number of rotatable bonds is 5. The number of carbonyl (C=O) groups is 1. The third-order valence-electron chi connectivity index (χ3n) is 3.88. The summed E-state index contributed by atoms with van der Waals surface area (Å²) in [6.07, 6.45) is -4.55. The molecule has 0 spiro atoms. The molecule has 0 saturated carbocycles. The highest BCUT2D eigenvalue weighted by Gasteiger charge is 2.31. The first-order chi connectivity index (χ1) is 13.4. The Bertz CT molecular complexity index is 959. The number of ether oxygens (including phenoxy) is 1. The van der Waals surface area contributed by atoms with Crippen molar-refractivity contribution in [2.45, 2.75) is 6.18 Å². The molecule has 0 unspecified atom stereocenters. The van der Waals surface area contributed by atoms with Crippen LogP contribution in [0.2, 0.25) is 0 Å². The molecule has 0 aliphatic rings. The van der Waals surface area contributed by atoms with E-state index in [9.17, 15) is 18.0 Å². The number of anilines is 1. The average Bonchev–Trinajstić information content (AvgIpc) is 2.72. The van der Waals surface area contributed by atoms with Gasteiger partial charge in [0.2, 0.25) is 0 Å². The number of hydrogen-bond acceptors (Lipinski definition) is 4. The maximum atomic E-state index is 13.2. The van der Waals surface area contributed by atoms with Gasteiger partial charge in [0.25, 0.3) is 5.91 Å². The van der Waals surface area contributed by atoms with Gasteiger partial charge in [-0.2, -0.15) is 13.2 Å². The largest absolute Gasteiger partial charge is 0.497 e. The predicted octanol–water partition coefficient (Wildman–Crippen LogP) is 4.53. The number of nitrogens with zero attached hydrogens (tertiary/aromatic N) is 1. The summed E-state index contributed by atoms with van der Waals surface area (Å²) in [6.45, 7) is 0. The lowest BCUT2D eigenvalue weighted by Gasteiger charge is -2.13. The fourth-order valence-corrected chi connectivity index (χ4v) is 2.45. The van der Waals surface area contributed by atoms with Crippen LogP contribution in [0, 0.1) is 0 Å². The van der Waals surface area contributed by atoms with E-state index < -0.39 is 17.6 Å². The molecule has 5 nitrogen and oxygen atoms in total. The van der Waals surface area contributed by atoms with Crippen molar-refractivity contribution < 1.29 is 22.7 Å². The number of alkyl halides is 3. The minimum Gasteiger partial charge on any atom is -0.497 e. The third kappa shape index (κ3) is 4.59. The lowest BCUT2D eigenvalue weighted by atomic mass is 10.1. The molecule has 1 heterocycles. The molecule has 0 aliphatic carbocycles. The van der Waals surface area contributed by atoms with Crippen LogP contribution in [0.1, 0.15) is 15.9 Å². The van der Waals surface area contributed by atoms with Crippen molar-refractivity contribution >= 4 is 11.7 Å². The van der Waals surface area contributed by atoms with Crippen molar-refractivity contribution in [3.8, 4) is 17.0 Å². The van der Waals surface area contributed by atoms with Crippen LogP contribution in [0.3, 0.4) is 0 Å². The number of benzene rings is 2. The van der Waals surface area contributed by atoms with Gasteiger partial charge >= 0.3 is 6.18 Å². The Balaban J connectivity index is 1.83. The van der Waals surface area contributed by atoms with Crippen LogP contribution < -0.4 is 15.6 Å². The standard InChI is InChI=1S/C20H16F3N3O2/c1-28-16-9-7-14(8-10-16)19(27)26-25-18-12-15(20(21,22)23)11-17(24-18)13-5-3-2-4-6-13/h2-12H,1H3,(H,24,25)(H,26,27). The molecule has 0 bridgehead atoms. The molecular formula is C20H16F3N3O2. The van der Waals surface area contributed by atoms with Crippen molar-refractivity contribution in [2.75, 3.05) is 12.5 Å². The lowest BCUT2D eigenvalue weighted by Crippen LogP contribution is -2.30. The number of nitrogens with one attached hydrogen (secondary N) is 2. The van der Waals surface area contributed by atoms with Gasteiger partial charge in [0.1, 0.15) is 11.6 Å². The van der Waals surface area contributed by atoms with E-state index in [1.807, 2.05) is 0 Å². The van der Waals surface area contributed by atoms with Gasteiger partial charge in [0.05, 0.1) is 18.4 Å². The summed E-state index contributed by atoms with van der Waals surface area (Å²) in [5, 5.41) is 0. The van der Waals surface area contributed by atoms with Gasteiger partial charge in [-0.15, -0.1) is 0 Å². The van der Waals surface area contributed by atoms with Crippen LogP contribution in [0.4, 0.5) is 19.0 Å². The molecular weight excluding hydrogens is 371 g/mol. The number of pyridine rings is 1. The van der Waals surface area contributed by atoms with E-state index in [-0.39, 0.29) is 11.5 Å². The van der Waals surface area contributed by atoms with E-state index in [2.05, 4.69) is 15.8 Å². The Morgan fingerprint density at radius 3 is 2.29 bits per heavy atom. The summed E-state index contributed by atoms with van der Waals surface area (Å²) in [4.78, 5) is 16.4. The first kappa shape index (κ1) is 19.2. The van der Waals surface area contributed by atoms with E-state index in [1.165, 1.54) is 19.2 Å². The second-order valence-corrected chi connectivity index (χ2v) is 5.80. The highest BCUT2D eigenvalue weighted by atomic mass is 19.4. The molecule has 8 heteroatoms. The maximum Gasteiger partial charge on any atom is 0.416 e. The second kappa shape index (κ2) is 7.99. The highest BCUT2D eigenvalue weighted by molar-refractivity contribution is 5.94. The highest BCUT2D eigenvalue weighted by Crippen LogP contribution is 2.33. The molecule has 2 N–H and O–H groups in total. The SMILES string of the molecule is COc1ccc(C(=O)NNc2cc(C(F)(F)F)cc(-c3ccccc3)n2)cc1. The van der Waals surface area contributed by atoms with E-state index in [1.54, 1.807) is 42.5 Å². The summed E-state index contributed by atoms with van der Waals surface area (Å²) < 4.78 is 44.7. The molecule has 0 saturated heterocycles. The van der Waals surface area contributed by atoms with Gasteiger partial charge in [-0.1, -0.05) is 30.3 Å². The zero-order valence-corrected chi connectivity index (χ0v) is 14.7. The minimum absolute atomic E-state index is 0.129. The zero-order chi connectivity index (χ0) is 20.1. The first-order valence-corrected chi connectivity index (χ1v) is 8.22. The van der Waals surface area contributed by atoms with Gasteiger partial charge in [0, 0.05) is 11.1 Å². The number of aromatic nitrogens is 1. The summed E-state index contributed by atoms with van der Waals surface area (Å²) in [5.74, 6) is -0.0739. The minimum atomic E-state index is -4.55. The average molecular weight is 387 g/mol. The van der Waals surface area contributed by atoms with Gasteiger partial charge < -0.3 is 4.74 Å². The van der Waals surface area contributed by atoms with Crippen molar-refractivity contribution in [2.24, 2.45) is 0 Å². The number of methoxy groups -OCH3 is 1. The Morgan fingerprint density at radius 2 is 1.68 bits per heavy atom. The Morgan fingerprint density at radius 1 is 1.00 bits per heavy atom. The van der Waals surface area contributed by atoms with Crippen LogP contribution in [0.15, 0.2) is 66.7 Å². The van der Waals surface area contributed by atoms with Crippen LogP contribution in [-0.2, 0) is 6.18 Å². The molecule has 3 aromatic rings. The molecule has 1 amide bonds. The zero-order valence-electron chi connectivity index (χ0n) is 14.7. The van der Waals surface area contributed by atoms with E-state index in [0.717, 1.165) is 12.1 Å². The van der Waals surface area contributed by atoms with Crippen molar-refractivity contribution in [3.63, 3.8) is 0 Å². The van der Waals surface area contributed by atoms with E-state index in [0.29, 0.717) is 16.9 Å². The molecule has 0 fully saturated rings. The lowest BCUT2D eigenvalue weighted by molar-refractivity contribution is -0.137. The molecule has 3 rings (SSSR count). The molecule has 0 atom stereocenters. The first-order valence-electron chi connectivity index (χ1n) is 8.22. The van der Waals surface area contributed by atoms with Crippen molar-refractivity contribution in [1.29, 1.82) is 0 Å². The number of hydrogen-bond donors (Lipinski definition) is 2. The molecule has 0 aliphatic heterocycles. The maximum absolute atomic E-state index is 13.2. The topological polar surface area (TPSA) is 63.2 Å². The van der Waals surface area contributed by atoms with Crippen LogP contribution in [0.5, 0.6) is 5.75 Å². The van der Waals surface area contributed by atoms with Gasteiger partial charge in [0.15, 0.2) is 0 Å². The molecule has 2 aromatic carbocycles. The predicted molar refractivity (Wildman–Crippen MR) is 98.8 cm³/mol. The fraction of sp³-hybridized carbons (Fsp3) is 0.100. The molecule has 0 radical (unpaired) electrons. The number of amides is 1. The summed E-state index contributed by atoms with van der Waals surface area (Å²) >= 11 is 0. The van der Waals surface area contributed by atoms with E-state index in [4.69, 9.17) is 4.74 Å². The molecule has 144 valence electrons. The van der Waals surface area contributed by atoms with Crippen LogP contribution in [-0.4, -0.2) is 18.0 Å². The number of carbonyl (C=O) groups excluding carboxylic acids is 1. The Kier molecular flexibility index (Phi) is 5.49. The second-order valence-electron chi connectivity index (χ2n) is 5.80. The molecule has 1 aromatic heterocycles. The van der Waals surface area contributed by atoms with Gasteiger partial charge in [-0.25, -0.2) is 4.98 Å². The van der Waals surface area contributed by atoms with Crippen molar-refractivity contribution in [3.05, 3.63) is 77.9 Å². The Hall–Kier alpha value is -3.55. The summed E-state index contributed by atoms with van der Waals surface area (Å²) in [5.41, 5.74) is 4.90. The van der Waals surface area contributed by atoms with E-state index >= 15 is 0 Å². The Labute approximate surface area is 159 Å². The van der Waals surface area contributed by atoms with Crippen LogP contribution >= 0.6 is 0 Å². The normalized spacial score (nSPS) is 11.0. The van der Waals surface area contributed by atoms with Crippen molar-refractivity contribution in [1.82, 2.24) is 10.4 Å². The van der Waals surface area contributed by atoms with Gasteiger partial charge in [-0.3, -0.25) is 15.6 Å². The van der Waals surface area contributed by atoms with Gasteiger partial charge in [-0.05, 0) is 36.4 Å². The molecule has 28 heavy (non-hydrogen) atoms. The quantitative estimate of drug-likeness (QED) is 0.632. The smallest absolute Gasteiger partial charge is 0.416 e. The summed E-state index contributed by atoms with van der Waals surface area (Å²) in [6, 6.07) is 16.5. The number of halogens is 3.